The van der Waals surface area contributed by atoms with E-state index in [0.717, 1.165) is 17.3 Å². The predicted molar refractivity (Wildman–Crippen MR) is 86.2 cm³/mol. The molecule has 0 aliphatic heterocycles. The van der Waals surface area contributed by atoms with Gasteiger partial charge in [-0.15, -0.1) is 0 Å². The summed E-state index contributed by atoms with van der Waals surface area (Å²) in [6.07, 6.45) is 6.05. The van der Waals surface area contributed by atoms with Gasteiger partial charge in [0, 0.05) is 10.0 Å². The summed E-state index contributed by atoms with van der Waals surface area (Å²) in [5, 5.41) is 0. The Hall–Kier alpha value is -0.340. The van der Waals surface area contributed by atoms with Crippen molar-refractivity contribution in [3.8, 4) is 0 Å². The van der Waals surface area contributed by atoms with Crippen LogP contribution in [0.1, 0.15) is 52.0 Å². The number of benzene rings is 1. The van der Waals surface area contributed by atoms with Crippen LogP contribution < -0.4 is 5.73 Å². The summed E-state index contributed by atoms with van der Waals surface area (Å²) in [6, 6.07) is 8.64. The minimum absolute atomic E-state index is 0.0374. The van der Waals surface area contributed by atoms with E-state index in [9.17, 15) is 0 Å². The molecule has 1 aliphatic rings. The molecule has 0 saturated heterocycles. The smallest absolute Gasteiger partial charge is 0.0228 e. The first kappa shape index (κ1) is 15.1. The maximum Gasteiger partial charge on any atom is 0.0228 e. The zero-order chi connectivity index (χ0) is 14.1. The van der Waals surface area contributed by atoms with E-state index in [-0.39, 0.29) is 5.54 Å². The van der Waals surface area contributed by atoms with Gasteiger partial charge in [0.05, 0.1) is 0 Å². The number of hydrogen-bond donors (Lipinski definition) is 1. The Morgan fingerprint density at radius 3 is 2.42 bits per heavy atom. The molecule has 19 heavy (non-hydrogen) atoms. The molecule has 2 N–H and O–H groups in total. The minimum Gasteiger partial charge on any atom is -0.325 e. The van der Waals surface area contributed by atoms with Crippen LogP contribution in [0.25, 0.3) is 0 Å². The Balaban J connectivity index is 2.21. The maximum absolute atomic E-state index is 6.85. The Labute approximate surface area is 126 Å². The van der Waals surface area contributed by atoms with E-state index in [4.69, 9.17) is 5.73 Å². The van der Waals surface area contributed by atoms with E-state index in [1.807, 2.05) is 0 Å². The van der Waals surface area contributed by atoms with Gasteiger partial charge in [0.2, 0.25) is 0 Å². The third-order valence-electron chi connectivity index (χ3n) is 4.57. The van der Waals surface area contributed by atoms with Crippen LogP contribution in [-0.2, 0) is 6.42 Å². The predicted octanol–water partition coefficient (Wildman–Crippen LogP) is 4.93. The van der Waals surface area contributed by atoms with Gasteiger partial charge in [-0.2, -0.15) is 0 Å². The standard InChI is InChI=1S/C17H26BrN/c1-16(2,3)15-6-4-5-11-17(15,19)12-13-7-9-14(18)10-8-13/h7-10,15H,4-6,11-12,19H2,1-3H3. The van der Waals surface area contributed by atoms with Crippen LogP contribution in [0.5, 0.6) is 0 Å². The van der Waals surface area contributed by atoms with Gasteiger partial charge >= 0.3 is 0 Å². The molecule has 0 aromatic heterocycles. The SMILES string of the molecule is CC(C)(C)C1CCCCC1(N)Cc1ccc(Br)cc1. The van der Waals surface area contributed by atoms with Crippen molar-refractivity contribution in [2.45, 2.75) is 58.4 Å². The number of nitrogens with two attached hydrogens (primary N) is 1. The fourth-order valence-electron chi connectivity index (χ4n) is 3.75. The second kappa shape index (κ2) is 5.57. The van der Waals surface area contributed by atoms with Gasteiger partial charge < -0.3 is 5.73 Å². The molecule has 1 aromatic rings. The van der Waals surface area contributed by atoms with Gasteiger partial charge in [0.25, 0.3) is 0 Å². The summed E-state index contributed by atoms with van der Waals surface area (Å²) in [6.45, 7) is 7.02. The van der Waals surface area contributed by atoms with E-state index in [2.05, 4.69) is 61.0 Å². The molecule has 2 atom stereocenters. The molecule has 1 aromatic carbocycles. The molecule has 0 spiro atoms. The molecule has 1 nitrogen and oxygen atoms in total. The monoisotopic (exact) mass is 323 g/mol. The second-order valence-corrected chi connectivity index (χ2v) is 8.12. The first-order chi connectivity index (χ1) is 8.81. The minimum atomic E-state index is -0.0374. The highest BCUT2D eigenvalue weighted by molar-refractivity contribution is 9.10. The highest BCUT2D eigenvalue weighted by Gasteiger charge is 2.43. The average Bonchev–Trinajstić information content (AvgIpc) is 2.31. The van der Waals surface area contributed by atoms with Crippen molar-refractivity contribution in [3.63, 3.8) is 0 Å². The van der Waals surface area contributed by atoms with Gasteiger partial charge in [-0.1, -0.05) is 61.7 Å². The van der Waals surface area contributed by atoms with Gasteiger partial charge in [0.15, 0.2) is 0 Å². The molecule has 1 saturated carbocycles. The summed E-state index contributed by atoms with van der Waals surface area (Å²) in [7, 11) is 0. The molecular weight excluding hydrogens is 298 g/mol. The molecule has 0 bridgehead atoms. The largest absolute Gasteiger partial charge is 0.325 e. The van der Waals surface area contributed by atoms with E-state index in [1.54, 1.807) is 0 Å². The van der Waals surface area contributed by atoms with Crippen LogP contribution in [0.4, 0.5) is 0 Å². The normalized spacial score (nSPS) is 28.4. The second-order valence-electron chi connectivity index (χ2n) is 7.20. The van der Waals surface area contributed by atoms with Crippen LogP contribution in [-0.4, -0.2) is 5.54 Å². The van der Waals surface area contributed by atoms with Crippen molar-refractivity contribution in [3.05, 3.63) is 34.3 Å². The summed E-state index contributed by atoms with van der Waals surface area (Å²) < 4.78 is 1.14. The van der Waals surface area contributed by atoms with Crippen LogP contribution >= 0.6 is 15.9 Å². The summed E-state index contributed by atoms with van der Waals surface area (Å²) in [4.78, 5) is 0. The fourth-order valence-corrected chi connectivity index (χ4v) is 4.02. The number of hydrogen-bond acceptors (Lipinski definition) is 1. The quantitative estimate of drug-likeness (QED) is 0.820. The van der Waals surface area contributed by atoms with E-state index >= 15 is 0 Å². The van der Waals surface area contributed by atoms with Crippen molar-refractivity contribution in [1.82, 2.24) is 0 Å². The summed E-state index contributed by atoms with van der Waals surface area (Å²) >= 11 is 3.50. The van der Waals surface area contributed by atoms with Crippen molar-refractivity contribution in [2.24, 2.45) is 17.1 Å². The highest BCUT2D eigenvalue weighted by atomic mass is 79.9. The highest BCUT2D eigenvalue weighted by Crippen LogP contribution is 2.44. The van der Waals surface area contributed by atoms with Crippen molar-refractivity contribution in [2.75, 3.05) is 0 Å². The summed E-state index contributed by atoms with van der Waals surface area (Å²) in [5.41, 5.74) is 8.47. The van der Waals surface area contributed by atoms with E-state index < -0.39 is 0 Å². The average molecular weight is 324 g/mol. The topological polar surface area (TPSA) is 26.0 Å². The zero-order valence-corrected chi connectivity index (χ0v) is 14.0. The molecule has 0 heterocycles. The number of rotatable bonds is 2. The van der Waals surface area contributed by atoms with Crippen LogP contribution in [0.2, 0.25) is 0 Å². The molecular formula is C17H26BrN. The lowest BCUT2D eigenvalue weighted by Crippen LogP contribution is -2.55. The molecule has 0 amide bonds. The third-order valence-corrected chi connectivity index (χ3v) is 5.10. The van der Waals surface area contributed by atoms with Crippen molar-refractivity contribution in [1.29, 1.82) is 0 Å². The Morgan fingerprint density at radius 1 is 1.21 bits per heavy atom. The van der Waals surface area contributed by atoms with E-state index in [1.165, 1.54) is 24.8 Å². The Kier molecular flexibility index (Phi) is 4.42. The third kappa shape index (κ3) is 3.61. The Bertz CT molecular complexity index is 418. The first-order valence-corrected chi connectivity index (χ1v) is 8.14. The first-order valence-electron chi connectivity index (χ1n) is 7.35. The maximum atomic E-state index is 6.85. The van der Waals surface area contributed by atoms with Gasteiger partial charge in [0.1, 0.15) is 0 Å². The molecule has 2 heteroatoms. The van der Waals surface area contributed by atoms with Gasteiger partial charge in [-0.3, -0.25) is 0 Å². The lowest BCUT2D eigenvalue weighted by molar-refractivity contribution is 0.0793. The van der Waals surface area contributed by atoms with Crippen LogP contribution in [0.15, 0.2) is 28.7 Å². The molecule has 1 aliphatic carbocycles. The molecule has 2 rings (SSSR count). The van der Waals surface area contributed by atoms with Crippen LogP contribution in [0, 0.1) is 11.3 Å². The fraction of sp³-hybridized carbons (Fsp3) is 0.647. The van der Waals surface area contributed by atoms with Crippen LogP contribution in [0.3, 0.4) is 0 Å². The lowest BCUT2D eigenvalue weighted by atomic mass is 9.61. The number of halogens is 1. The molecule has 1 fully saturated rings. The molecule has 106 valence electrons. The van der Waals surface area contributed by atoms with Gasteiger partial charge in [-0.25, -0.2) is 0 Å². The Morgan fingerprint density at radius 2 is 1.84 bits per heavy atom. The molecule has 2 unspecified atom stereocenters. The lowest BCUT2D eigenvalue weighted by Gasteiger charge is -2.48. The van der Waals surface area contributed by atoms with E-state index in [0.29, 0.717) is 11.3 Å². The van der Waals surface area contributed by atoms with Crippen molar-refractivity contribution >= 4 is 15.9 Å². The molecule has 0 radical (unpaired) electrons. The summed E-state index contributed by atoms with van der Waals surface area (Å²) in [5.74, 6) is 0.609. The van der Waals surface area contributed by atoms with Crippen molar-refractivity contribution < 1.29 is 0 Å². The zero-order valence-electron chi connectivity index (χ0n) is 12.4. The van der Waals surface area contributed by atoms with Gasteiger partial charge in [-0.05, 0) is 48.3 Å².